The van der Waals surface area contributed by atoms with Gasteiger partial charge in [0, 0.05) is 27.3 Å². The van der Waals surface area contributed by atoms with Crippen LogP contribution in [0.25, 0.3) is 0 Å². The Kier molecular flexibility index (Phi) is 7.58. The van der Waals surface area contributed by atoms with Gasteiger partial charge in [-0.2, -0.15) is 0 Å². The number of hydrogen-bond acceptors (Lipinski definition) is 6. The van der Waals surface area contributed by atoms with Crippen LogP contribution in [-0.4, -0.2) is 81.8 Å². The Hall–Kier alpha value is -2.65. The minimum absolute atomic E-state index is 0.344. The SMILES string of the molecule is COCCN(CCOC)C(=O)CN1C(=O)NC(C)(c2ccc(OC)c(C)c2)C1=O. The van der Waals surface area contributed by atoms with Gasteiger partial charge in [0.05, 0.1) is 20.3 Å². The first-order valence-corrected chi connectivity index (χ1v) is 9.33. The predicted molar refractivity (Wildman–Crippen MR) is 106 cm³/mol. The van der Waals surface area contributed by atoms with Gasteiger partial charge in [-0.3, -0.25) is 14.5 Å². The number of rotatable bonds is 10. The van der Waals surface area contributed by atoms with Crippen LogP contribution < -0.4 is 10.1 Å². The molecule has 160 valence electrons. The van der Waals surface area contributed by atoms with Crippen molar-refractivity contribution in [1.82, 2.24) is 15.1 Å². The quantitative estimate of drug-likeness (QED) is 0.579. The highest BCUT2D eigenvalue weighted by atomic mass is 16.5. The molecule has 1 aliphatic rings. The molecule has 0 radical (unpaired) electrons. The van der Waals surface area contributed by atoms with E-state index >= 15 is 0 Å². The second-order valence-corrected chi connectivity index (χ2v) is 7.00. The Morgan fingerprint density at radius 1 is 1.14 bits per heavy atom. The molecule has 1 aromatic rings. The molecule has 0 bridgehead atoms. The summed E-state index contributed by atoms with van der Waals surface area (Å²) in [6.07, 6.45) is 0. The van der Waals surface area contributed by atoms with Crippen molar-refractivity contribution in [2.24, 2.45) is 0 Å². The van der Waals surface area contributed by atoms with E-state index in [1.54, 1.807) is 46.5 Å². The monoisotopic (exact) mass is 407 g/mol. The molecule has 0 aromatic heterocycles. The van der Waals surface area contributed by atoms with E-state index in [-0.39, 0.29) is 12.5 Å². The van der Waals surface area contributed by atoms with Gasteiger partial charge >= 0.3 is 6.03 Å². The first kappa shape index (κ1) is 22.6. The third kappa shape index (κ3) is 4.86. The fraction of sp³-hybridized carbons (Fsp3) is 0.550. The standard InChI is InChI=1S/C20H29N3O6/c1-14-12-15(6-7-16(14)29-5)20(2)18(25)23(19(26)21-20)13-17(24)22(8-10-27-3)9-11-28-4/h6-7,12H,8-11,13H2,1-5H3,(H,21,26). The van der Waals surface area contributed by atoms with E-state index in [4.69, 9.17) is 14.2 Å². The van der Waals surface area contributed by atoms with Crippen molar-refractivity contribution in [3.63, 3.8) is 0 Å². The zero-order chi connectivity index (χ0) is 21.6. The fourth-order valence-electron chi connectivity index (χ4n) is 3.23. The summed E-state index contributed by atoms with van der Waals surface area (Å²) in [7, 11) is 4.65. The molecule has 1 N–H and O–H groups in total. The number of amides is 4. The molecular formula is C20H29N3O6. The van der Waals surface area contributed by atoms with Gasteiger partial charge < -0.3 is 24.4 Å². The van der Waals surface area contributed by atoms with Gasteiger partial charge in [0.15, 0.2) is 0 Å². The summed E-state index contributed by atoms with van der Waals surface area (Å²) in [5, 5.41) is 2.72. The lowest BCUT2D eigenvalue weighted by atomic mass is 9.90. The average Bonchev–Trinajstić information content (AvgIpc) is 2.92. The molecule has 0 aliphatic carbocycles. The normalized spacial score (nSPS) is 18.7. The summed E-state index contributed by atoms with van der Waals surface area (Å²) in [5.74, 6) is -0.135. The van der Waals surface area contributed by atoms with Crippen LogP contribution in [0.2, 0.25) is 0 Å². The number of carbonyl (C=O) groups excluding carboxylic acids is 3. The van der Waals surface area contributed by atoms with Crippen LogP contribution in [0.5, 0.6) is 5.75 Å². The molecule has 1 atom stereocenters. The number of hydrogen-bond donors (Lipinski definition) is 1. The first-order valence-electron chi connectivity index (χ1n) is 9.33. The van der Waals surface area contributed by atoms with Crippen molar-refractivity contribution in [3.05, 3.63) is 29.3 Å². The number of methoxy groups -OCH3 is 3. The number of imide groups is 1. The summed E-state index contributed by atoms with van der Waals surface area (Å²) in [6.45, 7) is 4.53. The topological polar surface area (TPSA) is 97.4 Å². The molecule has 9 nitrogen and oxygen atoms in total. The molecule has 0 saturated carbocycles. The zero-order valence-corrected chi connectivity index (χ0v) is 17.6. The van der Waals surface area contributed by atoms with Crippen molar-refractivity contribution >= 4 is 17.8 Å². The molecule has 1 aromatic carbocycles. The predicted octanol–water partition coefficient (Wildman–Crippen LogP) is 0.892. The molecule has 1 saturated heterocycles. The first-order chi connectivity index (χ1) is 13.8. The molecule has 9 heteroatoms. The maximum absolute atomic E-state index is 13.1. The number of urea groups is 1. The van der Waals surface area contributed by atoms with Crippen molar-refractivity contribution < 1.29 is 28.6 Å². The van der Waals surface area contributed by atoms with Gasteiger partial charge in [-0.1, -0.05) is 6.07 Å². The van der Waals surface area contributed by atoms with Gasteiger partial charge in [0.25, 0.3) is 5.91 Å². The second-order valence-electron chi connectivity index (χ2n) is 7.00. The summed E-state index contributed by atoms with van der Waals surface area (Å²) < 4.78 is 15.3. The number of nitrogens with zero attached hydrogens (tertiary/aromatic N) is 2. The molecule has 2 rings (SSSR count). The maximum Gasteiger partial charge on any atom is 0.325 e. The van der Waals surface area contributed by atoms with Crippen LogP contribution >= 0.6 is 0 Å². The van der Waals surface area contributed by atoms with E-state index in [2.05, 4.69) is 5.32 Å². The summed E-state index contributed by atoms with van der Waals surface area (Å²) in [6, 6.07) is 4.68. The summed E-state index contributed by atoms with van der Waals surface area (Å²) in [5.41, 5.74) is 0.214. The minimum Gasteiger partial charge on any atom is -0.496 e. The van der Waals surface area contributed by atoms with Crippen molar-refractivity contribution in [2.45, 2.75) is 19.4 Å². The molecule has 1 fully saturated rings. The molecule has 1 heterocycles. The second kappa shape index (κ2) is 9.71. The molecule has 4 amide bonds. The van der Waals surface area contributed by atoms with Crippen molar-refractivity contribution in [3.8, 4) is 5.75 Å². The van der Waals surface area contributed by atoms with E-state index in [9.17, 15) is 14.4 Å². The third-order valence-electron chi connectivity index (χ3n) is 5.02. The molecule has 0 spiro atoms. The third-order valence-corrected chi connectivity index (χ3v) is 5.02. The largest absolute Gasteiger partial charge is 0.496 e. The van der Waals surface area contributed by atoms with E-state index < -0.39 is 17.5 Å². The highest BCUT2D eigenvalue weighted by molar-refractivity contribution is 6.09. The van der Waals surface area contributed by atoms with Gasteiger partial charge in [-0.05, 0) is 37.1 Å². The number of benzene rings is 1. The fourth-order valence-corrected chi connectivity index (χ4v) is 3.23. The van der Waals surface area contributed by atoms with E-state index in [0.717, 1.165) is 10.5 Å². The highest BCUT2D eigenvalue weighted by Crippen LogP contribution is 2.31. The lowest BCUT2D eigenvalue weighted by Crippen LogP contribution is -2.46. The number of carbonyl (C=O) groups is 3. The van der Waals surface area contributed by atoms with E-state index in [0.29, 0.717) is 37.6 Å². The lowest BCUT2D eigenvalue weighted by molar-refractivity contribution is -0.139. The number of nitrogens with one attached hydrogen (secondary N) is 1. The van der Waals surface area contributed by atoms with Crippen molar-refractivity contribution in [1.29, 1.82) is 0 Å². The van der Waals surface area contributed by atoms with Crippen LogP contribution in [0.1, 0.15) is 18.1 Å². The lowest BCUT2D eigenvalue weighted by Gasteiger charge is -2.25. The van der Waals surface area contributed by atoms with E-state index in [1.165, 1.54) is 4.90 Å². The Balaban J connectivity index is 2.18. The van der Waals surface area contributed by atoms with Gasteiger partial charge in [-0.15, -0.1) is 0 Å². The van der Waals surface area contributed by atoms with Crippen LogP contribution in [0.15, 0.2) is 18.2 Å². The Bertz CT molecular complexity index is 761. The van der Waals surface area contributed by atoms with Gasteiger partial charge in [-0.25, -0.2) is 4.79 Å². The van der Waals surface area contributed by atoms with Crippen molar-refractivity contribution in [2.75, 3.05) is 54.2 Å². The van der Waals surface area contributed by atoms with Crippen LogP contribution in [-0.2, 0) is 24.6 Å². The molecule has 1 unspecified atom stereocenters. The summed E-state index contributed by atoms with van der Waals surface area (Å²) >= 11 is 0. The number of aryl methyl sites for hydroxylation is 1. The summed E-state index contributed by atoms with van der Waals surface area (Å²) in [4.78, 5) is 40.8. The highest BCUT2D eigenvalue weighted by Gasteiger charge is 2.49. The van der Waals surface area contributed by atoms with Crippen LogP contribution in [0, 0.1) is 6.92 Å². The smallest absolute Gasteiger partial charge is 0.325 e. The van der Waals surface area contributed by atoms with E-state index in [1.807, 2.05) is 6.92 Å². The van der Waals surface area contributed by atoms with Crippen LogP contribution in [0.3, 0.4) is 0 Å². The minimum atomic E-state index is -1.25. The Morgan fingerprint density at radius 2 is 1.76 bits per heavy atom. The average molecular weight is 407 g/mol. The molecular weight excluding hydrogens is 378 g/mol. The van der Waals surface area contributed by atoms with Gasteiger partial charge in [0.2, 0.25) is 5.91 Å². The van der Waals surface area contributed by atoms with Gasteiger partial charge in [0.1, 0.15) is 17.8 Å². The Labute approximate surface area is 170 Å². The van der Waals surface area contributed by atoms with Crippen LogP contribution in [0.4, 0.5) is 4.79 Å². The Morgan fingerprint density at radius 3 is 2.28 bits per heavy atom. The molecule has 1 aliphatic heterocycles. The zero-order valence-electron chi connectivity index (χ0n) is 17.6. The maximum atomic E-state index is 13.1. The molecule has 29 heavy (non-hydrogen) atoms. The number of ether oxygens (including phenoxy) is 3.